The smallest absolute Gasteiger partial charge is 0.253 e. The number of carbonyl (C=O) groups excluding carboxylic acids is 2. The van der Waals surface area contributed by atoms with Crippen molar-refractivity contribution in [3.05, 3.63) is 53.1 Å². The number of hydrogen-bond acceptors (Lipinski definition) is 4. The predicted molar refractivity (Wildman–Crippen MR) is 106 cm³/mol. The van der Waals surface area contributed by atoms with Gasteiger partial charge in [-0.25, -0.2) is 0 Å². The van der Waals surface area contributed by atoms with Crippen LogP contribution in [-0.4, -0.2) is 36.6 Å². The average molecular weight is 380 g/mol. The molecule has 2 aromatic rings. The Hall–Kier alpha value is -3.02. The van der Waals surface area contributed by atoms with Crippen LogP contribution in [0.3, 0.4) is 0 Å². The molecule has 2 aliphatic heterocycles. The lowest BCUT2D eigenvalue weighted by Gasteiger charge is -2.31. The minimum absolute atomic E-state index is 0.0314. The standard InChI is InChI=1S/C22H24N2O4/c1-14-3-4-15(2)18(11-14)23-21(25)16-7-9-24(10-8-16)22(26)17-5-6-19-20(12-17)28-13-27-19/h3-6,11-12,16H,7-10,13H2,1-2H3,(H,23,25). The van der Waals surface area contributed by atoms with Crippen LogP contribution in [0.25, 0.3) is 0 Å². The van der Waals surface area contributed by atoms with Crippen LogP contribution in [0.2, 0.25) is 0 Å². The zero-order chi connectivity index (χ0) is 19.7. The van der Waals surface area contributed by atoms with Gasteiger partial charge in [-0.1, -0.05) is 12.1 Å². The average Bonchev–Trinajstić information content (AvgIpc) is 3.18. The fourth-order valence-electron chi connectivity index (χ4n) is 3.66. The molecule has 1 N–H and O–H groups in total. The van der Waals surface area contributed by atoms with Gasteiger partial charge < -0.3 is 19.7 Å². The molecule has 4 rings (SSSR count). The molecule has 6 heteroatoms. The van der Waals surface area contributed by atoms with Crippen LogP contribution in [0.1, 0.15) is 34.3 Å². The second-order valence-electron chi connectivity index (χ2n) is 7.44. The van der Waals surface area contributed by atoms with E-state index in [0.717, 1.165) is 16.8 Å². The molecule has 28 heavy (non-hydrogen) atoms. The highest BCUT2D eigenvalue weighted by atomic mass is 16.7. The molecule has 0 aromatic heterocycles. The zero-order valence-corrected chi connectivity index (χ0v) is 16.2. The van der Waals surface area contributed by atoms with Gasteiger partial charge in [0, 0.05) is 30.3 Å². The number of benzene rings is 2. The summed E-state index contributed by atoms with van der Waals surface area (Å²) in [6.07, 6.45) is 1.32. The summed E-state index contributed by atoms with van der Waals surface area (Å²) in [5.74, 6) is 1.18. The maximum absolute atomic E-state index is 12.8. The van der Waals surface area contributed by atoms with Gasteiger partial charge in [-0.15, -0.1) is 0 Å². The molecule has 0 spiro atoms. The van der Waals surface area contributed by atoms with Crippen molar-refractivity contribution in [3.8, 4) is 11.5 Å². The lowest BCUT2D eigenvalue weighted by Crippen LogP contribution is -2.41. The van der Waals surface area contributed by atoms with Crippen molar-refractivity contribution in [1.29, 1.82) is 0 Å². The Bertz CT molecular complexity index is 917. The quantitative estimate of drug-likeness (QED) is 0.885. The molecule has 0 atom stereocenters. The van der Waals surface area contributed by atoms with Gasteiger partial charge in [0.15, 0.2) is 11.5 Å². The van der Waals surface area contributed by atoms with E-state index in [1.54, 1.807) is 23.1 Å². The number of aryl methyl sites for hydroxylation is 2. The Balaban J connectivity index is 1.35. The summed E-state index contributed by atoms with van der Waals surface area (Å²) in [6, 6.07) is 11.3. The van der Waals surface area contributed by atoms with Gasteiger partial charge in [-0.3, -0.25) is 9.59 Å². The Labute approximate surface area is 164 Å². The molecule has 0 aliphatic carbocycles. The molecule has 0 saturated carbocycles. The molecule has 1 saturated heterocycles. The van der Waals surface area contributed by atoms with E-state index >= 15 is 0 Å². The molecular formula is C22H24N2O4. The lowest BCUT2D eigenvalue weighted by atomic mass is 9.95. The number of carbonyl (C=O) groups is 2. The highest BCUT2D eigenvalue weighted by molar-refractivity contribution is 5.96. The normalized spacial score (nSPS) is 16.1. The predicted octanol–water partition coefficient (Wildman–Crippen LogP) is 3.52. The number of rotatable bonds is 3. The maximum Gasteiger partial charge on any atom is 0.253 e. The topological polar surface area (TPSA) is 67.9 Å². The van der Waals surface area contributed by atoms with E-state index in [1.807, 2.05) is 32.0 Å². The SMILES string of the molecule is Cc1ccc(C)c(NC(=O)C2CCN(C(=O)c3ccc4c(c3)OCO4)CC2)c1. The third-order valence-electron chi connectivity index (χ3n) is 5.42. The van der Waals surface area contributed by atoms with E-state index in [2.05, 4.69) is 5.32 Å². The summed E-state index contributed by atoms with van der Waals surface area (Å²) in [7, 11) is 0. The highest BCUT2D eigenvalue weighted by Crippen LogP contribution is 2.33. The van der Waals surface area contributed by atoms with Crippen LogP contribution in [0.15, 0.2) is 36.4 Å². The number of amides is 2. The van der Waals surface area contributed by atoms with Crippen LogP contribution in [0, 0.1) is 19.8 Å². The largest absolute Gasteiger partial charge is 0.454 e. The number of nitrogens with zero attached hydrogens (tertiary/aromatic N) is 1. The Morgan fingerprint density at radius 3 is 2.54 bits per heavy atom. The summed E-state index contributed by atoms with van der Waals surface area (Å²) < 4.78 is 10.6. The first kappa shape index (κ1) is 18.3. The first-order chi connectivity index (χ1) is 13.5. The second kappa shape index (κ2) is 7.54. The molecule has 0 bridgehead atoms. The van der Waals surface area contributed by atoms with Gasteiger partial charge >= 0.3 is 0 Å². The molecule has 0 radical (unpaired) electrons. The number of ether oxygens (including phenoxy) is 2. The summed E-state index contributed by atoms with van der Waals surface area (Å²) in [5.41, 5.74) is 3.62. The maximum atomic E-state index is 12.8. The van der Waals surface area contributed by atoms with E-state index in [4.69, 9.17) is 9.47 Å². The molecule has 6 nitrogen and oxygen atoms in total. The third-order valence-corrected chi connectivity index (χ3v) is 5.42. The van der Waals surface area contributed by atoms with E-state index in [1.165, 1.54) is 0 Å². The van der Waals surface area contributed by atoms with Gasteiger partial charge in [-0.05, 0) is 62.1 Å². The number of nitrogens with one attached hydrogen (secondary N) is 1. The summed E-state index contributed by atoms with van der Waals surface area (Å²) >= 11 is 0. The van der Waals surface area contributed by atoms with Crippen LogP contribution in [0.5, 0.6) is 11.5 Å². The van der Waals surface area contributed by atoms with Gasteiger partial charge in [0.1, 0.15) is 0 Å². The highest BCUT2D eigenvalue weighted by Gasteiger charge is 2.28. The molecule has 2 amide bonds. The molecule has 2 aromatic carbocycles. The van der Waals surface area contributed by atoms with Crippen LogP contribution in [-0.2, 0) is 4.79 Å². The first-order valence-corrected chi connectivity index (χ1v) is 9.58. The number of hydrogen-bond donors (Lipinski definition) is 1. The Kier molecular flexibility index (Phi) is 4.94. The monoisotopic (exact) mass is 380 g/mol. The molecule has 0 unspecified atom stereocenters. The fraction of sp³-hybridized carbons (Fsp3) is 0.364. The van der Waals surface area contributed by atoms with E-state index in [-0.39, 0.29) is 24.5 Å². The van der Waals surface area contributed by atoms with Crippen molar-refractivity contribution < 1.29 is 19.1 Å². The summed E-state index contributed by atoms with van der Waals surface area (Å²) in [4.78, 5) is 27.2. The van der Waals surface area contributed by atoms with Crippen molar-refractivity contribution in [1.82, 2.24) is 4.90 Å². The van der Waals surface area contributed by atoms with E-state index in [0.29, 0.717) is 43.0 Å². The Morgan fingerprint density at radius 1 is 1.00 bits per heavy atom. The van der Waals surface area contributed by atoms with Crippen LogP contribution < -0.4 is 14.8 Å². The molecule has 2 heterocycles. The molecular weight excluding hydrogens is 356 g/mol. The second-order valence-corrected chi connectivity index (χ2v) is 7.44. The summed E-state index contributed by atoms with van der Waals surface area (Å²) in [5, 5.41) is 3.05. The minimum atomic E-state index is -0.0827. The van der Waals surface area contributed by atoms with E-state index in [9.17, 15) is 9.59 Å². The third kappa shape index (κ3) is 3.67. The minimum Gasteiger partial charge on any atom is -0.454 e. The van der Waals surface area contributed by atoms with Gasteiger partial charge in [0.2, 0.25) is 12.7 Å². The van der Waals surface area contributed by atoms with Crippen LogP contribution in [0.4, 0.5) is 5.69 Å². The molecule has 1 fully saturated rings. The fourth-order valence-corrected chi connectivity index (χ4v) is 3.66. The van der Waals surface area contributed by atoms with Gasteiger partial charge in [-0.2, -0.15) is 0 Å². The molecule has 2 aliphatic rings. The van der Waals surface area contributed by atoms with Crippen molar-refractivity contribution in [3.63, 3.8) is 0 Å². The zero-order valence-electron chi connectivity index (χ0n) is 16.2. The number of fused-ring (bicyclic) bond motifs is 1. The van der Waals surface area contributed by atoms with Crippen molar-refractivity contribution in [2.75, 3.05) is 25.2 Å². The summed E-state index contributed by atoms with van der Waals surface area (Å²) in [6.45, 7) is 5.32. The van der Waals surface area contributed by atoms with Gasteiger partial charge in [0.05, 0.1) is 0 Å². The lowest BCUT2D eigenvalue weighted by molar-refractivity contribution is -0.121. The number of likely N-dealkylation sites (tertiary alicyclic amines) is 1. The first-order valence-electron chi connectivity index (χ1n) is 9.58. The van der Waals surface area contributed by atoms with Gasteiger partial charge in [0.25, 0.3) is 5.91 Å². The van der Waals surface area contributed by atoms with Crippen molar-refractivity contribution >= 4 is 17.5 Å². The molecule has 146 valence electrons. The van der Waals surface area contributed by atoms with E-state index < -0.39 is 0 Å². The van der Waals surface area contributed by atoms with Crippen molar-refractivity contribution in [2.45, 2.75) is 26.7 Å². The van der Waals surface area contributed by atoms with Crippen molar-refractivity contribution in [2.24, 2.45) is 5.92 Å². The number of piperidine rings is 1. The van der Waals surface area contributed by atoms with Crippen LogP contribution >= 0.6 is 0 Å². The number of anilines is 1. The Morgan fingerprint density at radius 2 is 1.75 bits per heavy atom.